The van der Waals surface area contributed by atoms with Gasteiger partial charge in [0.05, 0.1) is 4.91 Å². The van der Waals surface area contributed by atoms with Crippen molar-refractivity contribution in [3.63, 3.8) is 0 Å². The van der Waals surface area contributed by atoms with E-state index in [9.17, 15) is 9.59 Å². The molecule has 0 bridgehead atoms. The second kappa shape index (κ2) is 7.46. The maximum atomic E-state index is 12.3. The highest BCUT2D eigenvalue weighted by Crippen LogP contribution is 2.34. The van der Waals surface area contributed by atoms with E-state index in [1.165, 1.54) is 16.7 Å². The van der Waals surface area contributed by atoms with Gasteiger partial charge in [-0.15, -0.1) is 0 Å². The number of hydrogen-bond acceptors (Lipinski definition) is 4. The molecule has 22 heavy (non-hydrogen) atoms. The van der Waals surface area contributed by atoms with Crippen molar-refractivity contribution in [2.45, 2.75) is 12.8 Å². The number of carboxylic acids is 1. The smallest absolute Gasteiger partial charge is 0.303 e. The first-order chi connectivity index (χ1) is 10.4. The van der Waals surface area contributed by atoms with Gasteiger partial charge in [0.25, 0.3) is 5.91 Å². The van der Waals surface area contributed by atoms with Crippen molar-refractivity contribution < 1.29 is 14.7 Å². The molecule has 116 valence electrons. The van der Waals surface area contributed by atoms with Gasteiger partial charge in [0, 0.05) is 23.0 Å². The van der Waals surface area contributed by atoms with Crippen LogP contribution in [0.15, 0.2) is 23.1 Å². The third-order valence-corrected chi connectivity index (χ3v) is 4.85. The van der Waals surface area contributed by atoms with Crippen LogP contribution in [-0.4, -0.2) is 32.7 Å². The number of rotatable bonds is 5. The highest BCUT2D eigenvalue weighted by Gasteiger charge is 2.31. The van der Waals surface area contributed by atoms with E-state index in [-0.39, 0.29) is 18.9 Å². The summed E-state index contributed by atoms with van der Waals surface area (Å²) in [5.74, 6) is -1.14. The average Bonchev–Trinajstić information content (AvgIpc) is 2.70. The van der Waals surface area contributed by atoms with E-state index < -0.39 is 5.97 Å². The zero-order chi connectivity index (χ0) is 16.3. The van der Waals surface area contributed by atoms with Crippen LogP contribution in [-0.2, 0) is 9.59 Å². The largest absolute Gasteiger partial charge is 0.481 e. The fourth-order valence-corrected chi connectivity index (χ4v) is 3.50. The van der Waals surface area contributed by atoms with Gasteiger partial charge < -0.3 is 5.11 Å². The van der Waals surface area contributed by atoms with Gasteiger partial charge in [-0.1, -0.05) is 47.2 Å². The predicted octanol–water partition coefficient (Wildman–Crippen LogP) is 4.06. The van der Waals surface area contributed by atoms with E-state index in [1.54, 1.807) is 24.3 Å². The van der Waals surface area contributed by atoms with Crippen LogP contribution in [0.2, 0.25) is 10.0 Å². The second-order valence-corrected chi connectivity index (χ2v) is 7.02. The first-order valence-corrected chi connectivity index (χ1v) is 8.29. The summed E-state index contributed by atoms with van der Waals surface area (Å²) in [5, 5.41) is 9.65. The van der Waals surface area contributed by atoms with Crippen molar-refractivity contribution in [3.05, 3.63) is 38.7 Å². The minimum atomic E-state index is -0.897. The maximum absolute atomic E-state index is 12.3. The molecule has 1 aliphatic heterocycles. The zero-order valence-corrected chi connectivity index (χ0v) is 14.4. The molecule has 8 heteroatoms. The Labute approximate surface area is 147 Å². The number of halogens is 2. The number of thioether (sulfide) groups is 1. The number of aliphatic carboxylic acids is 1. The fraction of sp³-hybridized carbons (Fsp3) is 0.214. The Kier molecular flexibility index (Phi) is 5.86. The van der Waals surface area contributed by atoms with Crippen molar-refractivity contribution in [1.29, 1.82) is 0 Å². The van der Waals surface area contributed by atoms with E-state index >= 15 is 0 Å². The molecule has 0 aliphatic carbocycles. The lowest BCUT2D eigenvalue weighted by atomic mass is 10.2. The molecule has 1 amide bonds. The topological polar surface area (TPSA) is 57.6 Å². The Hall–Kier alpha value is -1.08. The molecule has 0 saturated carbocycles. The first-order valence-electron chi connectivity index (χ1n) is 6.30. The molecule has 4 nitrogen and oxygen atoms in total. The molecular formula is C14H11Cl2NO3S2. The van der Waals surface area contributed by atoms with E-state index in [1.807, 2.05) is 0 Å². The molecular weight excluding hydrogens is 365 g/mol. The van der Waals surface area contributed by atoms with Gasteiger partial charge in [-0.05, 0) is 36.3 Å². The van der Waals surface area contributed by atoms with E-state index in [4.69, 9.17) is 40.5 Å². The van der Waals surface area contributed by atoms with Gasteiger partial charge in [-0.2, -0.15) is 0 Å². The third-order valence-electron chi connectivity index (χ3n) is 2.89. The second-order valence-electron chi connectivity index (χ2n) is 4.50. The SMILES string of the molecule is O=C(O)CCCN1C(=O)/C(=C/c2cc(Cl)ccc2Cl)SC1=S. The number of benzene rings is 1. The molecule has 1 saturated heterocycles. The average molecular weight is 376 g/mol. The van der Waals surface area contributed by atoms with Crippen LogP contribution in [0.4, 0.5) is 0 Å². The molecule has 0 aromatic heterocycles. The highest BCUT2D eigenvalue weighted by molar-refractivity contribution is 8.26. The molecule has 0 spiro atoms. The Balaban J connectivity index is 2.15. The molecule has 0 atom stereocenters. The summed E-state index contributed by atoms with van der Waals surface area (Å²) in [6.45, 7) is 0.289. The summed E-state index contributed by atoms with van der Waals surface area (Å²) in [6, 6.07) is 4.99. The molecule has 1 aliphatic rings. The van der Waals surface area contributed by atoms with Crippen LogP contribution in [0.1, 0.15) is 18.4 Å². The van der Waals surface area contributed by atoms with E-state index in [2.05, 4.69) is 0 Å². The summed E-state index contributed by atoms with van der Waals surface area (Å²) in [6.07, 6.45) is 1.99. The van der Waals surface area contributed by atoms with Crippen LogP contribution < -0.4 is 0 Å². The van der Waals surface area contributed by atoms with Gasteiger partial charge in [0.15, 0.2) is 0 Å². The number of carboxylic acid groups (broad SMARTS) is 1. The van der Waals surface area contributed by atoms with Crippen LogP contribution in [0, 0.1) is 0 Å². The Morgan fingerprint density at radius 3 is 2.82 bits per heavy atom. The Morgan fingerprint density at radius 1 is 1.41 bits per heavy atom. The van der Waals surface area contributed by atoms with Gasteiger partial charge in [-0.3, -0.25) is 14.5 Å². The van der Waals surface area contributed by atoms with Crippen LogP contribution >= 0.6 is 47.2 Å². The first kappa shape index (κ1) is 17.3. The maximum Gasteiger partial charge on any atom is 0.303 e. The van der Waals surface area contributed by atoms with Crippen LogP contribution in [0.3, 0.4) is 0 Å². The lowest BCUT2D eigenvalue weighted by molar-refractivity contribution is -0.137. The molecule has 0 unspecified atom stereocenters. The molecule has 1 aromatic carbocycles. The number of nitrogens with zero attached hydrogens (tertiary/aromatic N) is 1. The molecule has 1 aromatic rings. The Morgan fingerprint density at radius 2 is 2.14 bits per heavy atom. The van der Waals surface area contributed by atoms with Crippen molar-refractivity contribution in [2.24, 2.45) is 0 Å². The molecule has 1 N–H and O–H groups in total. The van der Waals surface area contributed by atoms with Gasteiger partial charge in [-0.25, -0.2) is 0 Å². The number of carbonyl (C=O) groups is 2. The summed E-state index contributed by atoms with van der Waals surface area (Å²) in [5.41, 5.74) is 0.639. The third kappa shape index (κ3) is 4.23. The summed E-state index contributed by atoms with van der Waals surface area (Å²) in [4.78, 5) is 24.7. The molecule has 1 heterocycles. The van der Waals surface area contributed by atoms with Crippen LogP contribution in [0.5, 0.6) is 0 Å². The van der Waals surface area contributed by atoms with Gasteiger partial charge >= 0.3 is 5.97 Å². The monoisotopic (exact) mass is 375 g/mol. The predicted molar refractivity (Wildman–Crippen MR) is 93.2 cm³/mol. The molecule has 0 radical (unpaired) electrons. The lowest BCUT2D eigenvalue weighted by Gasteiger charge is -2.13. The van der Waals surface area contributed by atoms with Crippen molar-refractivity contribution >= 4 is 69.5 Å². The highest BCUT2D eigenvalue weighted by atomic mass is 35.5. The quantitative estimate of drug-likeness (QED) is 0.621. The van der Waals surface area contributed by atoms with Gasteiger partial charge in [0.1, 0.15) is 4.32 Å². The lowest BCUT2D eigenvalue weighted by Crippen LogP contribution is -2.29. The molecule has 1 fully saturated rings. The summed E-state index contributed by atoms with van der Waals surface area (Å²) < 4.78 is 0.416. The summed E-state index contributed by atoms with van der Waals surface area (Å²) in [7, 11) is 0. The fourth-order valence-electron chi connectivity index (χ4n) is 1.85. The zero-order valence-electron chi connectivity index (χ0n) is 11.2. The van der Waals surface area contributed by atoms with Gasteiger partial charge in [0.2, 0.25) is 0 Å². The minimum absolute atomic E-state index is 0.00374. The normalized spacial score (nSPS) is 16.6. The number of carbonyl (C=O) groups excluding carboxylic acids is 1. The van der Waals surface area contributed by atoms with E-state index in [0.717, 1.165) is 0 Å². The number of hydrogen-bond donors (Lipinski definition) is 1. The number of amides is 1. The van der Waals surface area contributed by atoms with E-state index in [0.29, 0.717) is 31.3 Å². The Bertz CT molecular complexity index is 676. The minimum Gasteiger partial charge on any atom is -0.481 e. The summed E-state index contributed by atoms with van der Waals surface area (Å²) >= 11 is 18.3. The number of thiocarbonyl (C=S) groups is 1. The van der Waals surface area contributed by atoms with Crippen molar-refractivity contribution in [2.75, 3.05) is 6.54 Å². The van der Waals surface area contributed by atoms with Crippen molar-refractivity contribution in [1.82, 2.24) is 4.90 Å². The molecule has 2 rings (SSSR count). The van der Waals surface area contributed by atoms with Crippen LogP contribution in [0.25, 0.3) is 6.08 Å². The van der Waals surface area contributed by atoms with Crippen molar-refractivity contribution in [3.8, 4) is 0 Å². The standard InChI is InChI=1S/C14H11Cl2NO3S2/c15-9-3-4-10(16)8(6-9)7-11-13(20)17(14(21)22-11)5-1-2-12(18)19/h3-4,6-7H,1-2,5H2,(H,18,19)/b11-7-.